The van der Waals surface area contributed by atoms with Crippen LogP contribution in [0.2, 0.25) is 0 Å². The molecule has 0 saturated carbocycles. The number of primary amides is 1. The number of nitrogens with two attached hydrogens (primary N) is 1. The van der Waals surface area contributed by atoms with Gasteiger partial charge in [0.05, 0.1) is 24.0 Å². The number of furan rings is 1. The summed E-state index contributed by atoms with van der Waals surface area (Å²) in [6, 6.07) is 8.95. The zero-order valence-electron chi connectivity index (χ0n) is 19.5. The van der Waals surface area contributed by atoms with Crippen molar-refractivity contribution in [2.24, 2.45) is 5.73 Å². The van der Waals surface area contributed by atoms with Crippen LogP contribution in [-0.4, -0.2) is 43.5 Å². The number of rotatable bonds is 5. The molecule has 1 aliphatic heterocycles. The van der Waals surface area contributed by atoms with Gasteiger partial charge in [-0.1, -0.05) is 0 Å². The van der Waals surface area contributed by atoms with E-state index in [-0.39, 0.29) is 29.6 Å². The summed E-state index contributed by atoms with van der Waals surface area (Å²) < 4.78 is 36.3. The number of hydrogen-bond acceptors (Lipinski definition) is 7. The summed E-state index contributed by atoms with van der Waals surface area (Å²) in [7, 11) is 0. The Morgan fingerprint density at radius 2 is 1.76 bits per heavy atom. The number of nitrogens with zero attached hydrogens (tertiary/aromatic N) is 1. The van der Waals surface area contributed by atoms with E-state index in [0.717, 1.165) is 5.69 Å². The lowest BCUT2D eigenvalue weighted by Gasteiger charge is -2.37. The van der Waals surface area contributed by atoms with E-state index in [1.807, 2.05) is 27.7 Å². The van der Waals surface area contributed by atoms with E-state index in [1.54, 1.807) is 12.1 Å². The van der Waals surface area contributed by atoms with E-state index in [2.05, 4.69) is 9.64 Å². The quantitative estimate of drug-likeness (QED) is 0.419. The number of carbonyl (C=O) groups excluding carboxylic acids is 2. The lowest BCUT2D eigenvalue weighted by Crippen LogP contribution is -2.45. The maximum absolute atomic E-state index is 13.5. The van der Waals surface area contributed by atoms with Gasteiger partial charge in [-0.15, -0.1) is 0 Å². The van der Waals surface area contributed by atoms with Gasteiger partial charge in [0.15, 0.2) is 0 Å². The van der Waals surface area contributed by atoms with Crippen molar-refractivity contribution in [3.63, 3.8) is 0 Å². The third-order valence-electron chi connectivity index (χ3n) is 5.40. The van der Waals surface area contributed by atoms with E-state index in [1.165, 1.54) is 24.3 Å². The third kappa shape index (κ3) is 4.84. The summed E-state index contributed by atoms with van der Waals surface area (Å²) >= 11 is 0. The number of anilines is 1. The second-order valence-electron chi connectivity index (χ2n) is 8.67. The standard InChI is InChI=1S/C25H27FN2O6/c1-13(2)31-21-9-18-20(10-19(21)28-11-14(3)32-15(4)12-28)33-23(16-5-7-17(26)8-6-16)22(18)24(29)34-25(27)30/h5-10,13-15H,11-12H2,1-4H3,(H2,27,30). The third-order valence-corrected chi connectivity index (χ3v) is 5.40. The molecule has 34 heavy (non-hydrogen) atoms. The fourth-order valence-electron chi connectivity index (χ4n) is 4.23. The zero-order chi connectivity index (χ0) is 24.6. The van der Waals surface area contributed by atoms with E-state index < -0.39 is 17.9 Å². The highest BCUT2D eigenvalue weighted by molar-refractivity contribution is 6.12. The molecule has 2 N–H and O–H groups in total. The summed E-state index contributed by atoms with van der Waals surface area (Å²) in [6.07, 6.45) is -1.36. The monoisotopic (exact) mass is 470 g/mol. The summed E-state index contributed by atoms with van der Waals surface area (Å²) in [5, 5.41) is 0.388. The molecule has 2 unspecified atom stereocenters. The first kappa shape index (κ1) is 23.6. The second kappa shape index (κ2) is 9.34. The van der Waals surface area contributed by atoms with E-state index in [0.29, 0.717) is 35.4 Å². The molecular weight excluding hydrogens is 443 g/mol. The van der Waals surface area contributed by atoms with Crippen LogP contribution in [0.4, 0.5) is 14.9 Å². The Labute approximate surface area is 196 Å². The number of morpholine rings is 1. The average molecular weight is 470 g/mol. The molecule has 1 aromatic heterocycles. The second-order valence-corrected chi connectivity index (χ2v) is 8.67. The number of halogens is 1. The molecule has 0 aliphatic carbocycles. The first-order valence-corrected chi connectivity index (χ1v) is 11.1. The van der Waals surface area contributed by atoms with Crippen molar-refractivity contribution in [2.45, 2.75) is 46.0 Å². The maximum Gasteiger partial charge on any atom is 0.412 e. The molecular formula is C25H27FN2O6. The first-order valence-electron chi connectivity index (χ1n) is 11.1. The van der Waals surface area contributed by atoms with Crippen molar-refractivity contribution in [3.05, 3.63) is 47.8 Å². The molecule has 9 heteroatoms. The lowest BCUT2D eigenvalue weighted by molar-refractivity contribution is -0.00538. The topological polar surface area (TPSA) is 104 Å². The molecule has 1 amide bonds. The Morgan fingerprint density at radius 1 is 1.12 bits per heavy atom. The van der Waals surface area contributed by atoms with Gasteiger partial charge in [0.25, 0.3) is 0 Å². The summed E-state index contributed by atoms with van der Waals surface area (Å²) in [4.78, 5) is 26.3. The van der Waals surface area contributed by atoms with Gasteiger partial charge in [0.1, 0.15) is 28.5 Å². The number of hydrogen-bond donors (Lipinski definition) is 1. The highest BCUT2D eigenvalue weighted by atomic mass is 19.1. The predicted octanol–water partition coefficient (Wildman–Crippen LogP) is 4.88. The number of fused-ring (bicyclic) bond motifs is 1. The maximum atomic E-state index is 13.5. The Hall–Kier alpha value is -3.59. The molecule has 8 nitrogen and oxygen atoms in total. The molecule has 180 valence electrons. The Kier molecular flexibility index (Phi) is 6.47. The largest absolute Gasteiger partial charge is 0.489 e. The van der Waals surface area contributed by atoms with Gasteiger partial charge in [-0.2, -0.15) is 0 Å². The van der Waals surface area contributed by atoms with Crippen molar-refractivity contribution in [3.8, 4) is 17.1 Å². The predicted molar refractivity (Wildman–Crippen MR) is 125 cm³/mol. The van der Waals surface area contributed by atoms with E-state index >= 15 is 0 Å². The molecule has 4 rings (SSSR count). The highest BCUT2D eigenvalue weighted by Gasteiger charge is 2.30. The van der Waals surface area contributed by atoms with E-state index in [4.69, 9.17) is 19.6 Å². The van der Waals surface area contributed by atoms with Crippen LogP contribution in [-0.2, 0) is 9.47 Å². The summed E-state index contributed by atoms with van der Waals surface area (Å²) in [6.45, 7) is 9.10. The molecule has 0 spiro atoms. The van der Waals surface area contributed by atoms with E-state index in [9.17, 15) is 14.0 Å². The van der Waals surface area contributed by atoms with Crippen molar-refractivity contribution in [2.75, 3.05) is 18.0 Å². The van der Waals surface area contributed by atoms with Gasteiger partial charge in [-0.05, 0) is 58.0 Å². The van der Waals surface area contributed by atoms with Gasteiger partial charge in [-0.25, -0.2) is 14.0 Å². The number of carbonyl (C=O) groups is 2. The molecule has 2 atom stereocenters. The van der Waals surface area contributed by atoms with Crippen LogP contribution < -0.4 is 15.4 Å². The van der Waals surface area contributed by atoms with Crippen LogP contribution in [0.3, 0.4) is 0 Å². The zero-order valence-corrected chi connectivity index (χ0v) is 19.5. The minimum atomic E-state index is -1.24. The first-order chi connectivity index (χ1) is 16.1. The minimum absolute atomic E-state index is 0.00396. The Morgan fingerprint density at radius 3 is 2.35 bits per heavy atom. The fourth-order valence-corrected chi connectivity index (χ4v) is 4.23. The lowest BCUT2D eigenvalue weighted by atomic mass is 10.0. The van der Waals surface area contributed by atoms with Crippen LogP contribution in [0.15, 0.2) is 40.8 Å². The molecule has 2 heterocycles. The van der Waals surface area contributed by atoms with Gasteiger partial charge in [-0.3, -0.25) is 0 Å². The van der Waals surface area contributed by atoms with Crippen LogP contribution in [0.1, 0.15) is 38.1 Å². The van der Waals surface area contributed by atoms with Gasteiger partial charge in [0, 0.05) is 30.1 Å². The van der Waals surface area contributed by atoms with Gasteiger partial charge in [0.2, 0.25) is 0 Å². The van der Waals surface area contributed by atoms with Crippen LogP contribution in [0, 0.1) is 5.82 Å². The normalized spacial score (nSPS) is 18.4. The molecule has 1 aliphatic rings. The Bertz CT molecular complexity index is 1210. The van der Waals surface area contributed by atoms with Crippen LogP contribution in [0.5, 0.6) is 5.75 Å². The molecule has 1 saturated heterocycles. The minimum Gasteiger partial charge on any atom is -0.489 e. The molecule has 0 bridgehead atoms. The SMILES string of the molecule is CC(C)Oc1cc2c(C(=O)OC(N)=O)c(-c3ccc(F)cc3)oc2cc1N1CC(C)OC(C)C1. The fraction of sp³-hybridized carbons (Fsp3) is 0.360. The van der Waals surface area contributed by atoms with Gasteiger partial charge < -0.3 is 29.3 Å². The average Bonchev–Trinajstić information content (AvgIpc) is 3.10. The van der Waals surface area contributed by atoms with Crippen molar-refractivity contribution in [1.82, 2.24) is 0 Å². The molecule has 1 fully saturated rings. The molecule has 2 aromatic carbocycles. The summed E-state index contributed by atoms with van der Waals surface area (Å²) in [5.74, 6) is -0.727. The van der Waals surface area contributed by atoms with Crippen molar-refractivity contribution in [1.29, 1.82) is 0 Å². The van der Waals surface area contributed by atoms with Crippen molar-refractivity contribution < 1.29 is 32.6 Å². The van der Waals surface area contributed by atoms with Crippen LogP contribution in [0.25, 0.3) is 22.3 Å². The summed E-state index contributed by atoms with van der Waals surface area (Å²) in [5.41, 5.74) is 6.71. The molecule has 3 aromatic rings. The number of esters is 1. The Balaban J connectivity index is 1.93. The molecule has 0 radical (unpaired) electrons. The number of benzene rings is 2. The highest BCUT2D eigenvalue weighted by Crippen LogP contribution is 2.41. The van der Waals surface area contributed by atoms with Crippen molar-refractivity contribution >= 4 is 28.7 Å². The number of ether oxygens (including phenoxy) is 3. The number of amides is 1. The van der Waals surface area contributed by atoms with Crippen LogP contribution >= 0.6 is 0 Å². The van der Waals surface area contributed by atoms with Gasteiger partial charge >= 0.3 is 12.1 Å². The smallest absolute Gasteiger partial charge is 0.412 e.